The molecule has 0 saturated carbocycles. The number of fused-ring (bicyclic) bond motifs is 1. The molecule has 1 saturated heterocycles. The Morgan fingerprint density at radius 1 is 1.29 bits per heavy atom. The Kier molecular flexibility index (Phi) is 7.39. The number of hydrogen-bond donors (Lipinski definition) is 1. The molecule has 1 atom stereocenters. The smallest absolute Gasteiger partial charge is 0.258 e. The molecule has 0 radical (unpaired) electrons. The van der Waals surface area contributed by atoms with Crippen molar-refractivity contribution in [2.75, 3.05) is 46.2 Å². The third-order valence-corrected chi connectivity index (χ3v) is 6.22. The maximum absolute atomic E-state index is 13.1. The van der Waals surface area contributed by atoms with Crippen LogP contribution < -0.4 is 5.32 Å². The molecule has 2 aromatic heterocycles. The van der Waals surface area contributed by atoms with E-state index in [0.717, 1.165) is 6.42 Å². The Morgan fingerprint density at radius 2 is 2.11 bits per heavy atom. The van der Waals surface area contributed by atoms with Crippen LogP contribution in [0.15, 0.2) is 36.5 Å². The van der Waals surface area contributed by atoms with Gasteiger partial charge in [-0.3, -0.25) is 19.5 Å². The first kappa shape index (κ1) is 24.3. The van der Waals surface area contributed by atoms with E-state index in [1.165, 1.54) is 6.07 Å². The van der Waals surface area contributed by atoms with Gasteiger partial charge >= 0.3 is 0 Å². The molecule has 1 N–H and O–H groups in total. The standard InChI is InChI=1S/C25H29N7O3/c1-30(2)20-8-10-31(16-20)24(34)19-13-21-22(27-15-19)32(9-5-11-35-3)25(28-21)29-23(33)18-7-4-6-17(12-18)14-26/h4,6-7,12-13,15,20H,5,8-11,16H2,1-3H3,(H,28,29,33)/t20-/m1/s1. The molecule has 3 aromatic rings. The number of pyridine rings is 1. The molecule has 1 aliphatic rings. The lowest BCUT2D eigenvalue weighted by Gasteiger charge is -2.20. The number of hydrogen-bond acceptors (Lipinski definition) is 7. The lowest BCUT2D eigenvalue weighted by Crippen LogP contribution is -2.34. The van der Waals surface area contributed by atoms with E-state index >= 15 is 0 Å². The first-order chi connectivity index (χ1) is 16.9. The molecule has 35 heavy (non-hydrogen) atoms. The van der Waals surface area contributed by atoms with Crippen LogP contribution in [-0.4, -0.2) is 83.1 Å². The Hall–Kier alpha value is -3.81. The van der Waals surface area contributed by atoms with Gasteiger partial charge in [-0.15, -0.1) is 0 Å². The van der Waals surface area contributed by atoms with Gasteiger partial charge < -0.3 is 14.5 Å². The molecule has 2 amide bonds. The second kappa shape index (κ2) is 10.6. The molecule has 0 aliphatic carbocycles. The van der Waals surface area contributed by atoms with Gasteiger partial charge in [-0.2, -0.15) is 5.26 Å². The van der Waals surface area contributed by atoms with Gasteiger partial charge in [0, 0.05) is 51.2 Å². The van der Waals surface area contributed by atoms with E-state index in [1.54, 1.807) is 37.6 Å². The van der Waals surface area contributed by atoms with Crippen LogP contribution in [0.25, 0.3) is 11.2 Å². The Bertz CT molecular complexity index is 1280. The SMILES string of the molecule is COCCCn1c(NC(=O)c2cccc(C#N)c2)nc2cc(C(=O)N3CC[C@@H](N(C)C)C3)cnc21. The van der Waals surface area contributed by atoms with Crippen LogP contribution in [0.1, 0.15) is 39.1 Å². The topological polar surface area (TPSA) is 116 Å². The van der Waals surface area contributed by atoms with Crippen molar-refractivity contribution in [3.63, 3.8) is 0 Å². The van der Waals surface area contributed by atoms with Crippen LogP contribution in [0.5, 0.6) is 0 Å². The molecule has 4 rings (SSSR count). The summed E-state index contributed by atoms with van der Waals surface area (Å²) in [5, 5.41) is 12.0. The fourth-order valence-electron chi connectivity index (χ4n) is 4.24. The highest BCUT2D eigenvalue weighted by Gasteiger charge is 2.28. The number of nitrogens with zero attached hydrogens (tertiary/aromatic N) is 6. The molecule has 182 valence electrons. The van der Waals surface area contributed by atoms with Crippen molar-refractivity contribution in [3.05, 3.63) is 53.2 Å². The number of aromatic nitrogens is 3. The number of carbonyl (C=O) groups is 2. The summed E-state index contributed by atoms with van der Waals surface area (Å²) in [4.78, 5) is 39.1. The number of carbonyl (C=O) groups excluding carboxylic acids is 2. The number of likely N-dealkylation sites (N-methyl/N-ethyl adjacent to an activating group) is 1. The molecule has 10 heteroatoms. The van der Waals surface area contributed by atoms with Gasteiger partial charge in [0.2, 0.25) is 5.95 Å². The fraction of sp³-hybridized carbons (Fsp3) is 0.400. The third kappa shape index (κ3) is 5.31. The van der Waals surface area contributed by atoms with E-state index in [0.29, 0.717) is 72.5 Å². The van der Waals surface area contributed by atoms with Gasteiger partial charge in [0.25, 0.3) is 11.8 Å². The van der Waals surface area contributed by atoms with Crippen LogP contribution in [0, 0.1) is 11.3 Å². The van der Waals surface area contributed by atoms with E-state index in [2.05, 4.69) is 20.2 Å². The van der Waals surface area contributed by atoms with Gasteiger partial charge in [-0.1, -0.05) is 6.07 Å². The van der Waals surface area contributed by atoms with E-state index in [-0.39, 0.29) is 11.8 Å². The number of imidazole rings is 1. The molecule has 10 nitrogen and oxygen atoms in total. The Labute approximate surface area is 204 Å². The van der Waals surface area contributed by atoms with Crippen LogP contribution in [0.2, 0.25) is 0 Å². The molecule has 0 unspecified atom stereocenters. The van der Waals surface area contributed by atoms with E-state index < -0.39 is 0 Å². The van der Waals surface area contributed by atoms with Gasteiger partial charge in [0.05, 0.1) is 17.2 Å². The second-order valence-corrected chi connectivity index (χ2v) is 8.80. The van der Waals surface area contributed by atoms with Gasteiger partial charge in [0.1, 0.15) is 5.52 Å². The van der Waals surface area contributed by atoms with Crippen molar-refractivity contribution in [1.82, 2.24) is 24.3 Å². The number of anilines is 1. The Balaban J connectivity index is 1.62. The molecule has 1 aromatic carbocycles. The van der Waals surface area contributed by atoms with Gasteiger partial charge in [-0.05, 0) is 51.2 Å². The zero-order chi connectivity index (χ0) is 24.9. The molecule has 3 heterocycles. The predicted molar refractivity (Wildman–Crippen MR) is 131 cm³/mol. The number of methoxy groups -OCH3 is 1. The maximum Gasteiger partial charge on any atom is 0.258 e. The van der Waals surface area contributed by atoms with Crippen molar-refractivity contribution < 1.29 is 14.3 Å². The molecule has 0 bridgehead atoms. The average molecular weight is 476 g/mol. The predicted octanol–water partition coefficient (Wildman–Crippen LogP) is 2.37. The first-order valence-electron chi connectivity index (χ1n) is 11.5. The molecule has 1 aliphatic heterocycles. The fourth-order valence-corrected chi connectivity index (χ4v) is 4.24. The van der Waals surface area contributed by atoms with Crippen molar-refractivity contribution in [1.29, 1.82) is 5.26 Å². The molecule has 1 fully saturated rings. The third-order valence-electron chi connectivity index (χ3n) is 6.22. The molecular formula is C25H29N7O3. The number of nitriles is 1. The van der Waals surface area contributed by atoms with Crippen molar-refractivity contribution in [3.8, 4) is 6.07 Å². The average Bonchev–Trinajstić information content (AvgIpc) is 3.49. The summed E-state index contributed by atoms with van der Waals surface area (Å²) < 4.78 is 6.99. The van der Waals surface area contributed by atoms with E-state index in [4.69, 9.17) is 10.00 Å². The number of amides is 2. The van der Waals surface area contributed by atoms with Crippen LogP contribution in [-0.2, 0) is 11.3 Å². The number of aryl methyl sites for hydroxylation is 1. The number of ether oxygens (including phenoxy) is 1. The zero-order valence-electron chi connectivity index (χ0n) is 20.2. The lowest BCUT2D eigenvalue weighted by atomic mass is 10.1. The maximum atomic E-state index is 13.1. The monoisotopic (exact) mass is 475 g/mol. The minimum Gasteiger partial charge on any atom is -0.385 e. The summed E-state index contributed by atoms with van der Waals surface area (Å²) in [6, 6.07) is 10.6. The summed E-state index contributed by atoms with van der Waals surface area (Å²) in [6.45, 7) is 2.44. The second-order valence-electron chi connectivity index (χ2n) is 8.80. The summed E-state index contributed by atoms with van der Waals surface area (Å²) in [7, 11) is 5.68. The lowest BCUT2D eigenvalue weighted by molar-refractivity contribution is 0.0782. The highest BCUT2D eigenvalue weighted by Crippen LogP contribution is 2.23. The van der Waals surface area contributed by atoms with Crippen LogP contribution in [0.3, 0.4) is 0 Å². The summed E-state index contributed by atoms with van der Waals surface area (Å²) in [6.07, 6.45) is 3.20. The minimum atomic E-state index is -0.381. The Morgan fingerprint density at radius 3 is 2.83 bits per heavy atom. The number of likely N-dealkylation sites (tertiary alicyclic amines) is 1. The van der Waals surface area contributed by atoms with Crippen molar-refractivity contribution in [2.45, 2.75) is 25.4 Å². The van der Waals surface area contributed by atoms with Crippen LogP contribution in [0.4, 0.5) is 5.95 Å². The van der Waals surface area contributed by atoms with E-state index in [1.807, 2.05) is 29.6 Å². The molecule has 0 spiro atoms. The van der Waals surface area contributed by atoms with Crippen LogP contribution >= 0.6 is 0 Å². The first-order valence-corrected chi connectivity index (χ1v) is 11.5. The van der Waals surface area contributed by atoms with Crippen molar-refractivity contribution >= 4 is 28.9 Å². The van der Waals surface area contributed by atoms with E-state index in [9.17, 15) is 9.59 Å². The van der Waals surface area contributed by atoms with Gasteiger partial charge in [-0.25, -0.2) is 9.97 Å². The largest absolute Gasteiger partial charge is 0.385 e. The number of nitrogens with one attached hydrogen (secondary N) is 1. The number of benzene rings is 1. The number of rotatable bonds is 8. The normalized spacial score (nSPS) is 15.5. The summed E-state index contributed by atoms with van der Waals surface area (Å²) >= 11 is 0. The summed E-state index contributed by atoms with van der Waals surface area (Å²) in [5.74, 6) is -0.125. The molecular weight excluding hydrogens is 446 g/mol. The minimum absolute atomic E-state index is 0.0726. The van der Waals surface area contributed by atoms with Crippen molar-refractivity contribution in [2.24, 2.45) is 0 Å². The zero-order valence-corrected chi connectivity index (χ0v) is 20.2. The summed E-state index contributed by atoms with van der Waals surface area (Å²) in [5.41, 5.74) is 2.32. The quantitative estimate of drug-likeness (QED) is 0.497. The van der Waals surface area contributed by atoms with Gasteiger partial charge in [0.15, 0.2) is 5.65 Å². The highest BCUT2D eigenvalue weighted by atomic mass is 16.5. The highest BCUT2D eigenvalue weighted by molar-refractivity contribution is 6.04.